The normalized spacial score (nSPS) is 31.5. The molecule has 1 unspecified atom stereocenters. The zero-order chi connectivity index (χ0) is 10.2. The predicted molar refractivity (Wildman–Crippen MR) is 61.3 cm³/mol. The van der Waals surface area contributed by atoms with Crippen molar-refractivity contribution in [3.05, 3.63) is 0 Å². The van der Waals surface area contributed by atoms with E-state index in [9.17, 15) is 0 Å². The summed E-state index contributed by atoms with van der Waals surface area (Å²) in [6.45, 7) is 9.74. The van der Waals surface area contributed by atoms with Crippen LogP contribution in [-0.4, -0.2) is 13.1 Å². The van der Waals surface area contributed by atoms with Gasteiger partial charge in [0, 0.05) is 0 Å². The third-order valence-corrected chi connectivity index (χ3v) is 4.16. The number of rotatable bonds is 2. The van der Waals surface area contributed by atoms with Gasteiger partial charge in [-0.3, -0.25) is 0 Å². The summed E-state index contributed by atoms with van der Waals surface area (Å²) in [4.78, 5) is 0. The summed E-state index contributed by atoms with van der Waals surface area (Å²) in [7, 11) is 0. The first kappa shape index (κ1) is 10.5. The molecular formula is C13H25N. The first-order chi connectivity index (χ1) is 6.52. The molecule has 1 heteroatoms. The van der Waals surface area contributed by atoms with Crippen molar-refractivity contribution in [2.75, 3.05) is 13.1 Å². The van der Waals surface area contributed by atoms with Crippen LogP contribution in [0.4, 0.5) is 0 Å². The maximum absolute atomic E-state index is 3.53. The molecule has 1 aliphatic heterocycles. The van der Waals surface area contributed by atoms with Gasteiger partial charge in [-0.2, -0.15) is 0 Å². The van der Waals surface area contributed by atoms with Crippen molar-refractivity contribution < 1.29 is 0 Å². The van der Waals surface area contributed by atoms with Crippen LogP contribution < -0.4 is 5.32 Å². The van der Waals surface area contributed by atoms with Crippen LogP contribution in [0.15, 0.2) is 0 Å². The fourth-order valence-electron chi connectivity index (χ4n) is 3.59. The molecule has 1 heterocycles. The van der Waals surface area contributed by atoms with E-state index in [1.165, 1.54) is 45.2 Å². The second-order valence-electron chi connectivity index (χ2n) is 6.64. The Morgan fingerprint density at radius 2 is 2.00 bits per heavy atom. The predicted octanol–water partition coefficient (Wildman–Crippen LogP) is 3.20. The molecule has 1 saturated heterocycles. The molecule has 1 N–H and O–H groups in total. The molecule has 0 spiro atoms. The summed E-state index contributed by atoms with van der Waals surface area (Å²) in [5, 5.41) is 3.53. The number of hydrogen-bond acceptors (Lipinski definition) is 1. The van der Waals surface area contributed by atoms with Crippen LogP contribution in [-0.2, 0) is 0 Å². The lowest BCUT2D eigenvalue weighted by molar-refractivity contribution is 0.0122. The summed E-state index contributed by atoms with van der Waals surface area (Å²) in [6.07, 6.45) is 7.34. The van der Waals surface area contributed by atoms with Gasteiger partial charge >= 0.3 is 0 Å². The van der Waals surface area contributed by atoms with E-state index in [0.717, 1.165) is 11.3 Å². The molecule has 0 aromatic carbocycles. The van der Waals surface area contributed by atoms with Crippen LogP contribution in [0, 0.1) is 16.7 Å². The zero-order valence-corrected chi connectivity index (χ0v) is 10.0. The monoisotopic (exact) mass is 195 g/mol. The van der Waals surface area contributed by atoms with Crippen LogP contribution in [0.1, 0.15) is 52.9 Å². The smallest absolute Gasteiger partial charge is 0.00147 e. The summed E-state index contributed by atoms with van der Waals surface area (Å²) in [6, 6.07) is 0. The van der Waals surface area contributed by atoms with Crippen LogP contribution in [0.25, 0.3) is 0 Å². The zero-order valence-electron chi connectivity index (χ0n) is 10.0. The van der Waals surface area contributed by atoms with Crippen molar-refractivity contribution in [2.45, 2.75) is 52.9 Å². The molecule has 0 radical (unpaired) electrons. The van der Waals surface area contributed by atoms with Gasteiger partial charge in [0.2, 0.25) is 0 Å². The Kier molecular flexibility index (Phi) is 2.63. The Morgan fingerprint density at radius 3 is 2.36 bits per heavy atom. The summed E-state index contributed by atoms with van der Waals surface area (Å²) >= 11 is 0. The Bertz CT molecular complexity index is 192. The highest BCUT2D eigenvalue weighted by molar-refractivity contribution is 4.98. The Balaban J connectivity index is 2.01. The first-order valence-corrected chi connectivity index (χ1v) is 6.23. The molecule has 0 aromatic heterocycles. The molecule has 1 saturated carbocycles. The maximum Gasteiger partial charge on any atom is -0.00147 e. The second-order valence-corrected chi connectivity index (χ2v) is 6.64. The average molecular weight is 195 g/mol. The molecule has 1 aliphatic carbocycles. The highest BCUT2D eigenvalue weighted by Crippen LogP contribution is 2.55. The van der Waals surface area contributed by atoms with E-state index in [1.807, 2.05) is 0 Å². The lowest BCUT2D eigenvalue weighted by atomic mass is 9.55. The van der Waals surface area contributed by atoms with Crippen molar-refractivity contribution >= 4 is 0 Å². The van der Waals surface area contributed by atoms with Gasteiger partial charge in [-0.1, -0.05) is 27.2 Å². The third kappa shape index (κ3) is 1.98. The third-order valence-electron chi connectivity index (χ3n) is 4.16. The van der Waals surface area contributed by atoms with Gasteiger partial charge in [-0.05, 0) is 55.5 Å². The lowest BCUT2D eigenvalue weighted by Gasteiger charge is -2.50. The maximum atomic E-state index is 3.53. The lowest BCUT2D eigenvalue weighted by Crippen LogP contribution is -2.41. The van der Waals surface area contributed by atoms with E-state index >= 15 is 0 Å². The van der Waals surface area contributed by atoms with Gasteiger partial charge in [0.1, 0.15) is 0 Å². The van der Waals surface area contributed by atoms with Crippen LogP contribution in [0.3, 0.4) is 0 Å². The molecular weight excluding hydrogens is 170 g/mol. The molecule has 1 atom stereocenters. The van der Waals surface area contributed by atoms with E-state index in [1.54, 1.807) is 0 Å². The Hall–Kier alpha value is -0.0400. The van der Waals surface area contributed by atoms with Crippen LogP contribution in [0.2, 0.25) is 0 Å². The molecule has 0 bridgehead atoms. The SMILES string of the molecule is CC(C)(C)CC1(C2CCNC2)CCC1. The van der Waals surface area contributed by atoms with Crippen molar-refractivity contribution in [1.29, 1.82) is 0 Å². The number of nitrogens with one attached hydrogen (secondary N) is 1. The topological polar surface area (TPSA) is 12.0 Å². The van der Waals surface area contributed by atoms with Crippen LogP contribution >= 0.6 is 0 Å². The minimum atomic E-state index is 0.517. The molecule has 2 aliphatic rings. The standard InChI is InChI=1S/C13H25N/c1-12(2,3)10-13(6-4-7-13)11-5-8-14-9-11/h11,14H,4-10H2,1-3H3. The largest absolute Gasteiger partial charge is 0.316 e. The van der Waals surface area contributed by atoms with Gasteiger partial charge in [0.05, 0.1) is 0 Å². The molecule has 2 rings (SSSR count). The van der Waals surface area contributed by atoms with E-state index in [2.05, 4.69) is 26.1 Å². The Morgan fingerprint density at radius 1 is 1.29 bits per heavy atom. The fourth-order valence-corrected chi connectivity index (χ4v) is 3.59. The molecule has 2 fully saturated rings. The van der Waals surface area contributed by atoms with E-state index in [4.69, 9.17) is 0 Å². The molecule has 82 valence electrons. The fraction of sp³-hybridized carbons (Fsp3) is 1.00. The second kappa shape index (κ2) is 3.52. The average Bonchev–Trinajstić information content (AvgIpc) is 2.46. The Labute approximate surface area is 88.7 Å². The minimum absolute atomic E-state index is 0.517. The number of hydrogen-bond donors (Lipinski definition) is 1. The molecule has 0 aromatic rings. The van der Waals surface area contributed by atoms with Crippen molar-refractivity contribution in [3.8, 4) is 0 Å². The van der Waals surface area contributed by atoms with E-state index in [-0.39, 0.29) is 0 Å². The quantitative estimate of drug-likeness (QED) is 0.713. The van der Waals surface area contributed by atoms with Crippen molar-refractivity contribution in [3.63, 3.8) is 0 Å². The van der Waals surface area contributed by atoms with Crippen molar-refractivity contribution in [2.24, 2.45) is 16.7 Å². The molecule has 14 heavy (non-hydrogen) atoms. The summed E-state index contributed by atoms with van der Waals surface area (Å²) in [5.74, 6) is 0.982. The minimum Gasteiger partial charge on any atom is -0.316 e. The molecule has 1 nitrogen and oxygen atoms in total. The summed E-state index contributed by atoms with van der Waals surface area (Å²) < 4.78 is 0. The van der Waals surface area contributed by atoms with Crippen LogP contribution in [0.5, 0.6) is 0 Å². The van der Waals surface area contributed by atoms with Gasteiger partial charge in [-0.25, -0.2) is 0 Å². The highest BCUT2D eigenvalue weighted by atomic mass is 14.9. The van der Waals surface area contributed by atoms with E-state index < -0.39 is 0 Å². The summed E-state index contributed by atoms with van der Waals surface area (Å²) in [5.41, 5.74) is 1.24. The van der Waals surface area contributed by atoms with Gasteiger partial charge in [-0.15, -0.1) is 0 Å². The molecule has 0 amide bonds. The highest BCUT2D eigenvalue weighted by Gasteiger charge is 2.46. The van der Waals surface area contributed by atoms with Gasteiger partial charge in [0.25, 0.3) is 0 Å². The van der Waals surface area contributed by atoms with E-state index in [0.29, 0.717) is 5.41 Å². The first-order valence-electron chi connectivity index (χ1n) is 6.23. The van der Waals surface area contributed by atoms with Gasteiger partial charge in [0.15, 0.2) is 0 Å². The van der Waals surface area contributed by atoms with Gasteiger partial charge < -0.3 is 5.32 Å². The van der Waals surface area contributed by atoms with Crippen molar-refractivity contribution in [1.82, 2.24) is 5.32 Å².